The molecule has 12 heteroatoms. The highest BCUT2D eigenvalue weighted by molar-refractivity contribution is 9.10. The van der Waals surface area contributed by atoms with E-state index < -0.39 is 19.8 Å². The first-order valence-electron chi connectivity index (χ1n) is 18.9. The van der Waals surface area contributed by atoms with Crippen LogP contribution >= 0.6 is 15.9 Å². The van der Waals surface area contributed by atoms with Gasteiger partial charge in [0.2, 0.25) is 5.91 Å². The van der Waals surface area contributed by atoms with Crippen molar-refractivity contribution in [2.45, 2.75) is 69.2 Å². The average molecular weight is 825 g/mol. The fourth-order valence-corrected chi connectivity index (χ4v) is 13.9. The molecule has 4 aliphatic heterocycles. The molecule has 2 fully saturated rings. The number of ether oxygens (including phenoxy) is 3. The number of anilines is 2. The van der Waals surface area contributed by atoms with Gasteiger partial charge in [-0.05, 0) is 71.1 Å². The van der Waals surface area contributed by atoms with Crippen molar-refractivity contribution in [3.05, 3.63) is 118 Å². The predicted molar refractivity (Wildman–Crippen MR) is 216 cm³/mol. The number of aliphatic hydroxyl groups excluding tert-OH is 1. The number of methoxy groups -OCH3 is 1. The van der Waals surface area contributed by atoms with Gasteiger partial charge in [-0.25, -0.2) is 4.79 Å². The van der Waals surface area contributed by atoms with Gasteiger partial charge in [-0.1, -0.05) is 89.7 Å². The first kappa shape index (κ1) is 37.4. The quantitative estimate of drug-likeness (QED) is 0.192. The molecule has 0 radical (unpaired) electrons. The molecule has 0 unspecified atom stereocenters. The normalized spacial score (nSPS) is 24.7. The average Bonchev–Trinajstić information content (AvgIpc) is 3.82. The molecule has 55 heavy (non-hydrogen) atoms. The number of halogens is 1. The molecule has 0 bridgehead atoms. The van der Waals surface area contributed by atoms with Gasteiger partial charge in [0.15, 0.2) is 5.60 Å². The van der Waals surface area contributed by atoms with Crippen molar-refractivity contribution in [2.75, 3.05) is 36.7 Å². The molecule has 3 amide bonds. The van der Waals surface area contributed by atoms with Crippen LogP contribution in [0, 0.1) is 5.92 Å². The van der Waals surface area contributed by atoms with E-state index in [4.69, 9.17) is 14.2 Å². The molecule has 4 aromatic rings. The van der Waals surface area contributed by atoms with Gasteiger partial charge in [0.1, 0.15) is 12.4 Å². The summed E-state index contributed by atoms with van der Waals surface area (Å²) in [6, 6.07) is 29.5. The van der Waals surface area contributed by atoms with Gasteiger partial charge in [0, 0.05) is 28.2 Å². The molecular formula is C43H46BrN3O7Si. The molecule has 0 saturated carbocycles. The smallest absolute Gasteiger partial charge is 0.414 e. The zero-order valence-electron chi connectivity index (χ0n) is 31.5. The predicted octanol–water partition coefficient (Wildman–Crippen LogP) is 6.51. The Bertz CT molecular complexity index is 2130. The molecule has 0 aromatic heterocycles. The fraction of sp³-hybridized carbons (Fsp3) is 0.372. The van der Waals surface area contributed by atoms with Crippen LogP contribution in [0.1, 0.15) is 35.6 Å². The van der Waals surface area contributed by atoms with Gasteiger partial charge in [0.25, 0.3) is 5.91 Å². The van der Waals surface area contributed by atoms with Gasteiger partial charge < -0.3 is 29.1 Å². The molecule has 0 aliphatic carbocycles. The summed E-state index contributed by atoms with van der Waals surface area (Å²) in [4.78, 5) is 47.3. The van der Waals surface area contributed by atoms with Crippen LogP contribution in [-0.2, 0) is 44.2 Å². The van der Waals surface area contributed by atoms with Crippen molar-refractivity contribution in [1.29, 1.82) is 0 Å². The molecule has 8 rings (SSSR count). The maximum absolute atomic E-state index is 15.3. The van der Waals surface area contributed by atoms with E-state index in [1.54, 1.807) is 16.9 Å². The Morgan fingerprint density at radius 2 is 1.73 bits per heavy atom. The Kier molecular flexibility index (Phi) is 9.90. The van der Waals surface area contributed by atoms with Crippen LogP contribution < -0.4 is 19.7 Å². The van der Waals surface area contributed by atoms with Crippen LogP contribution in [-0.4, -0.2) is 75.0 Å². The number of aliphatic hydroxyl groups is 1. The maximum atomic E-state index is 15.3. The molecule has 2 saturated heterocycles. The molecule has 4 aromatic carbocycles. The van der Waals surface area contributed by atoms with E-state index in [2.05, 4.69) is 54.1 Å². The SMILES string of the molecule is COc1ccc([Si](C)(C)[C@H]2[C@H](CC(=O)N3Cc4ccccc4C[C@H]3CO)O[C@@]3(C(=O)N(Cc4ccc(N5CCOC5=O)cc4)c4ccc(Br)cc43)[C@@H]2C)cc1. The van der Waals surface area contributed by atoms with E-state index in [-0.39, 0.29) is 48.4 Å². The number of cyclic esters (lactones) is 1. The zero-order chi connectivity index (χ0) is 38.6. The lowest BCUT2D eigenvalue weighted by atomic mass is 9.82. The minimum Gasteiger partial charge on any atom is -0.497 e. The number of benzene rings is 4. The minimum absolute atomic E-state index is 0.0824. The van der Waals surface area contributed by atoms with Crippen LogP contribution in [0.25, 0.3) is 0 Å². The van der Waals surface area contributed by atoms with Gasteiger partial charge in [0.05, 0.1) is 59.1 Å². The molecule has 1 spiro atoms. The Morgan fingerprint density at radius 1 is 1.00 bits per heavy atom. The number of nitrogens with zero attached hydrogens (tertiary/aromatic N) is 3. The van der Waals surface area contributed by atoms with Crippen LogP contribution in [0.2, 0.25) is 18.6 Å². The second-order valence-electron chi connectivity index (χ2n) is 15.7. The van der Waals surface area contributed by atoms with Gasteiger partial charge in [-0.15, -0.1) is 0 Å². The van der Waals surface area contributed by atoms with Gasteiger partial charge in [-0.3, -0.25) is 14.5 Å². The molecular weight excluding hydrogens is 778 g/mol. The highest BCUT2D eigenvalue weighted by Gasteiger charge is 2.66. The third kappa shape index (κ3) is 6.36. The molecule has 286 valence electrons. The standard InChI is InChI=1S/C43H46BrN3O7Si/c1-27-40(55(3,4)35-16-14-34(52-2)15-17-35)38(23-39(49)46-25-30-8-6-5-7-29(30)21-33(46)26-48)54-43(27)36-22-31(44)11-18-37(36)47(41(43)50)24-28-9-12-32(13-10-28)45-19-20-53-42(45)51/h5-18,22,27,33,38,40,48H,19-21,23-26H2,1-4H3/t27-,33+,38+,40-,43+/m1/s1. The number of hydrogen-bond donors (Lipinski definition) is 1. The third-order valence-electron chi connectivity index (χ3n) is 12.4. The summed E-state index contributed by atoms with van der Waals surface area (Å²) in [7, 11) is -0.860. The van der Waals surface area contributed by atoms with Crippen LogP contribution in [0.4, 0.5) is 16.2 Å². The second kappa shape index (κ2) is 14.5. The lowest BCUT2D eigenvalue weighted by Gasteiger charge is -2.39. The summed E-state index contributed by atoms with van der Waals surface area (Å²) < 4.78 is 18.7. The Labute approximate surface area is 331 Å². The highest BCUT2D eigenvalue weighted by atomic mass is 79.9. The number of hydrogen-bond acceptors (Lipinski definition) is 7. The van der Waals surface area contributed by atoms with Crippen molar-refractivity contribution in [3.63, 3.8) is 0 Å². The summed E-state index contributed by atoms with van der Waals surface area (Å²) in [6.45, 7) is 8.16. The lowest BCUT2D eigenvalue weighted by molar-refractivity contribution is -0.151. The number of fused-ring (bicyclic) bond motifs is 3. The first-order valence-corrected chi connectivity index (χ1v) is 22.8. The lowest BCUT2D eigenvalue weighted by Crippen LogP contribution is -2.52. The summed E-state index contributed by atoms with van der Waals surface area (Å²) in [6.07, 6.45) is -0.272. The van der Waals surface area contributed by atoms with Gasteiger partial charge >= 0.3 is 6.09 Å². The van der Waals surface area contributed by atoms with Crippen molar-refractivity contribution in [3.8, 4) is 5.75 Å². The topological polar surface area (TPSA) is 109 Å². The van der Waals surface area contributed by atoms with Crippen molar-refractivity contribution >= 4 is 58.5 Å². The highest BCUT2D eigenvalue weighted by Crippen LogP contribution is 2.60. The Balaban J connectivity index is 1.16. The summed E-state index contributed by atoms with van der Waals surface area (Å²) in [5.74, 6) is 0.228. The van der Waals surface area contributed by atoms with Crippen LogP contribution in [0.5, 0.6) is 5.75 Å². The van der Waals surface area contributed by atoms with Crippen molar-refractivity contribution in [1.82, 2.24) is 4.90 Å². The summed E-state index contributed by atoms with van der Waals surface area (Å²) >= 11 is 3.69. The number of carbonyl (C=O) groups is 3. The molecule has 10 nitrogen and oxygen atoms in total. The molecule has 1 N–H and O–H groups in total. The summed E-state index contributed by atoms with van der Waals surface area (Å²) in [5, 5.41) is 11.7. The van der Waals surface area contributed by atoms with Crippen LogP contribution in [0.3, 0.4) is 0 Å². The molecule has 4 aliphatic rings. The first-order chi connectivity index (χ1) is 26.5. The third-order valence-corrected chi connectivity index (χ3v) is 17.3. The monoisotopic (exact) mass is 823 g/mol. The molecule has 4 heterocycles. The number of rotatable bonds is 9. The largest absolute Gasteiger partial charge is 0.497 e. The van der Waals surface area contributed by atoms with Crippen LogP contribution in [0.15, 0.2) is 95.5 Å². The maximum Gasteiger partial charge on any atom is 0.414 e. The number of carbonyl (C=O) groups excluding carboxylic acids is 3. The van der Waals surface area contributed by atoms with Crippen molar-refractivity contribution in [2.24, 2.45) is 5.92 Å². The van der Waals surface area contributed by atoms with Gasteiger partial charge in [-0.2, -0.15) is 0 Å². The summed E-state index contributed by atoms with van der Waals surface area (Å²) in [5.41, 5.74) is 3.96. The Hall–Kier alpha value is -4.49. The molecule has 5 atom stereocenters. The Morgan fingerprint density at radius 3 is 2.40 bits per heavy atom. The van der Waals surface area contributed by atoms with E-state index in [0.717, 1.165) is 43.9 Å². The second-order valence-corrected chi connectivity index (χ2v) is 21.3. The van der Waals surface area contributed by atoms with E-state index in [0.29, 0.717) is 32.7 Å². The number of amides is 3. The van der Waals surface area contributed by atoms with Crippen molar-refractivity contribution < 1.29 is 33.7 Å². The fourth-order valence-electron chi connectivity index (χ4n) is 9.57. The van der Waals surface area contributed by atoms with E-state index in [1.165, 1.54) is 5.19 Å². The van der Waals surface area contributed by atoms with E-state index in [9.17, 15) is 14.7 Å². The zero-order valence-corrected chi connectivity index (χ0v) is 34.1. The van der Waals surface area contributed by atoms with E-state index >= 15 is 4.79 Å². The minimum atomic E-state index is -2.51. The van der Waals surface area contributed by atoms with E-state index in [1.807, 2.05) is 77.7 Å².